The molecule has 1 unspecified atom stereocenters. The number of carboxylic acid groups (broad SMARTS) is 1. The molecular formula is C17H30BNO4. The van der Waals surface area contributed by atoms with Gasteiger partial charge in [0.25, 0.3) is 0 Å². The number of hydrogen-bond acceptors (Lipinski definition) is 3. The van der Waals surface area contributed by atoms with Crippen molar-refractivity contribution in [2.24, 2.45) is 5.41 Å². The molecule has 2 aliphatic rings. The molecule has 5 nitrogen and oxygen atoms in total. The normalized spacial score (nSPS) is 27.6. The Morgan fingerprint density at radius 2 is 1.78 bits per heavy atom. The molecule has 0 radical (unpaired) electrons. The van der Waals surface area contributed by atoms with Gasteiger partial charge in [-0.05, 0) is 51.4 Å². The van der Waals surface area contributed by atoms with E-state index in [0.717, 1.165) is 5.47 Å². The molecule has 0 aliphatic carbocycles. The molecule has 6 heteroatoms. The fourth-order valence-corrected chi connectivity index (χ4v) is 3.15. The van der Waals surface area contributed by atoms with E-state index in [1.807, 2.05) is 27.7 Å². The van der Waals surface area contributed by atoms with Crippen LogP contribution in [-0.2, 0) is 9.31 Å². The Kier molecular flexibility index (Phi) is 4.64. The van der Waals surface area contributed by atoms with Crippen LogP contribution in [0.5, 0.6) is 0 Å². The molecule has 2 aliphatic heterocycles. The van der Waals surface area contributed by atoms with Gasteiger partial charge in [0.2, 0.25) is 0 Å². The lowest BCUT2D eigenvalue weighted by Crippen LogP contribution is -2.47. The Morgan fingerprint density at radius 1 is 1.26 bits per heavy atom. The lowest BCUT2D eigenvalue weighted by Gasteiger charge is -2.38. The molecule has 130 valence electrons. The Balaban J connectivity index is 2.25. The van der Waals surface area contributed by atoms with Crippen LogP contribution in [0.4, 0.5) is 4.79 Å². The zero-order valence-electron chi connectivity index (χ0n) is 15.5. The first-order valence-electron chi connectivity index (χ1n) is 8.39. The number of hydrogen-bond donors (Lipinski definition) is 1. The van der Waals surface area contributed by atoms with Crippen LogP contribution in [0.2, 0.25) is 0 Å². The second-order valence-corrected chi connectivity index (χ2v) is 8.72. The van der Waals surface area contributed by atoms with Crippen LogP contribution in [0.3, 0.4) is 0 Å². The van der Waals surface area contributed by atoms with Gasteiger partial charge in [0.1, 0.15) is 0 Å². The zero-order valence-corrected chi connectivity index (χ0v) is 15.5. The molecule has 1 fully saturated rings. The summed E-state index contributed by atoms with van der Waals surface area (Å²) in [6, 6.07) is -0.0900. The highest BCUT2D eigenvalue weighted by Gasteiger charge is 2.53. The van der Waals surface area contributed by atoms with E-state index in [1.54, 1.807) is 4.90 Å². The highest BCUT2D eigenvalue weighted by atomic mass is 16.7. The van der Waals surface area contributed by atoms with Gasteiger partial charge in [0.05, 0.1) is 11.2 Å². The second kappa shape index (κ2) is 5.81. The summed E-state index contributed by atoms with van der Waals surface area (Å²) < 4.78 is 12.3. The highest BCUT2D eigenvalue weighted by molar-refractivity contribution is 6.54. The number of rotatable bonds is 1. The number of nitrogens with zero attached hydrogens (tertiary/aromatic N) is 1. The van der Waals surface area contributed by atoms with E-state index in [1.165, 1.54) is 0 Å². The van der Waals surface area contributed by atoms with Gasteiger partial charge in [-0.3, -0.25) is 0 Å². The molecule has 0 bridgehead atoms. The standard InChI is InChI=1S/C17H30BNO4/c1-15(2,3)13-11-12(9-8-10-19(13)14(20)21)18-22-16(4,5)17(6,7)23-18/h9,13H,8,10-11H2,1-7H3,(H,20,21). The molecule has 1 N–H and O–H groups in total. The van der Waals surface area contributed by atoms with E-state index in [2.05, 4.69) is 26.8 Å². The van der Waals surface area contributed by atoms with Gasteiger partial charge in [-0.25, -0.2) is 4.79 Å². The fourth-order valence-electron chi connectivity index (χ4n) is 3.15. The first kappa shape index (κ1) is 18.3. The molecule has 1 amide bonds. The highest BCUT2D eigenvalue weighted by Crippen LogP contribution is 2.41. The van der Waals surface area contributed by atoms with Crippen molar-refractivity contribution in [3.8, 4) is 0 Å². The predicted molar refractivity (Wildman–Crippen MR) is 91.4 cm³/mol. The average Bonchev–Trinajstić information content (AvgIpc) is 2.54. The third kappa shape index (κ3) is 3.58. The van der Waals surface area contributed by atoms with Crippen LogP contribution < -0.4 is 0 Å². The minimum Gasteiger partial charge on any atom is -0.465 e. The van der Waals surface area contributed by atoms with Crippen LogP contribution in [0, 0.1) is 5.41 Å². The Bertz CT molecular complexity index is 491. The predicted octanol–water partition coefficient (Wildman–Crippen LogP) is 3.73. The van der Waals surface area contributed by atoms with E-state index in [0.29, 0.717) is 19.4 Å². The van der Waals surface area contributed by atoms with E-state index in [9.17, 15) is 9.90 Å². The van der Waals surface area contributed by atoms with E-state index in [-0.39, 0.29) is 22.7 Å². The van der Waals surface area contributed by atoms with Crippen molar-refractivity contribution in [3.63, 3.8) is 0 Å². The Morgan fingerprint density at radius 3 is 2.22 bits per heavy atom. The van der Waals surface area contributed by atoms with Crippen molar-refractivity contribution < 1.29 is 19.2 Å². The summed E-state index contributed by atoms with van der Waals surface area (Å²) in [7, 11) is -0.390. The van der Waals surface area contributed by atoms with Crippen LogP contribution in [0.25, 0.3) is 0 Å². The van der Waals surface area contributed by atoms with Gasteiger partial charge in [-0.1, -0.05) is 26.8 Å². The summed E-state index contributed by atoms with van der Waals surface area (Å²) in [5.74, 6) is 0. The quantitative estimate of drug-likeness (QED) is 0.747. The zero-order chi connectivity index (χ0) is 17.6. The molecular weight excluding hydrogens is 293 g/mol. The van der Waals surface area contributed by atoms with Crippen LogP contribution in [0.1, 0.15) is 61.3 Å². The minimum absolute atomic E-state index is 0.0900. The average molecular weight is 323 g/mol. The lowest BCUT2D eigenvalue weighted by atomic mass is 9.71. The lowest BCUT2D eigenvalue weighted by molar-refractivity contribution is 0.00578. The number of carbonyl (C=O) groups is 1. The van der Waals surface area contributed by atoms with Gasteiger partial charge in [-0.15, -0.1) is 0 Å². The maximum atomic E-state index is 11.6. The maximum absolute atomic E-state index is 11.6. The Labute approximate surface area is 140 Å². The van der Waals surface area contributed by atoms with Crippen molar-refractivity contribution in [1.29, 1.82) is 0 Å². The van der Waals surface area contributed by atoms with Gasteiger partial charge >= 0.3 is 13.2 Å². The summed E-state index contributed by atoms with van der Waals surface area (Å²) in [5, 5.41) is 9.56. The molecule has 0 saturated carbocycles. The van der Waals surface area contributed by atoms with E-state index in [4.69, 9.17) is 9.31 Å². The summed E-state index contributed by atoms with van der Waals surface area (Å²) in [4.78, 5) is 13.2. The molecule has 1 saturated heterocycles. The third-order valence-corrected chi connectivity index (χ3v) is 5.38. The molecule has 0 spiro atoms. The largest absolute Gasteiger partial charge is 0.490 e. The molecule has 23 heavy (non-hydrogen) atoms. The summed E-state index contributed by atoms with van der Waals surface area (Å²) in [5.41, 5.74) is 0.154. The first-order valence-corrected chi connectivity index (χ1v) is 8.39. The van der Waals surface area contributed by atoms with E-state index >= 15 is 0 Å². The fraction of sp³-hybridized carbons (Fsp3) is 0.824. The van der Waals surface area contributed by atoms with Crippen molar-refractivity contribution in [2.45, 2.75) is 78.6 Å². The first-order chi connectivity index (χ1) is 10.3. The van der Waals surface area contributed by atoms with Gasteiger partial charge in [-0.2, -0.15) is 0 Å². The maximum Gasteiger partial charge on any atom is 0.490 e. The van der Waals surface area contributed by atoms with Crippen molar-refractivity contribution in [1.82, 2.24) is 4.90 Å². The summed E-state index contributed by atoms with van der Waals surface area (Å²) in [6.45, 7) is 14.9. The van der Waals surface area contributed by atoms with Crippen LogP contribution >= 0.6 is 0 Å². The van der Waals surface area contributed by atoms with E-state index < -0.39 is 13.2 Å². The Hall–Kier alpha value is -1.01. The second-order valence-electron chi connectivity index (χ2n) is 8.72. The summed E-state index contributed by atoms with van der Waals surface area (Å²) in [6.07, 6.45) is 2.59. The summed E-state index contributed by atoms with van der Waals surface area (Å²) >= 11 is 0. The monoisotopic (exact) mass is 323 g/mol. The number of amides is 1. The van der Waals surface area contributed by atoms with Crippen molar-refractivity contribution in [2.75, 3.05) is 6.54 Å². The molecule has 0 aromatic carbocycles. The minimum atomic E-state index is -0.853. The van der Waals surface area contributed by atoms with Crippen molar-refractivity contribution in [3.05, 3.63) is 11.5 Å². The SMILES string of the molecule is CC(C)(C)C1CC(B2OC(C)(C)C(C)(C)O2)=CCCN1C(=O)O. The third-order valence-electron chi connectivity index (χ3n) is 5.38. The van der Waals surface area contributed by atoms with Crippen LogP contribution in [-0.4, -0.2) is 47.0 Å². The van der Waals surface area contributed by atoms with Gasteiger partial charge in [0.15, 0.2) is 0 Å². The molecule has 1 atom stereocenters. The molecule has 0 aromatic rings. The van der Waals surface area contributed by atoms with Gasteiger partial charge in [0, 0.05) is 12.6 Å². The topological polar surface area (TPSA) is 59.0 Å². The smallest absolute Gasteiger partial charge is 0.465 e. The van der Waals surface area contributed by atoms with Crippen molar-refractivity contribution >= 4 is 13.2 Å². The van der Waals surface area contributed by atoms with Gasteiger partial charge < -0.3 is 19.3 Å². The molecule has 2 heterocycles. The van der Waals surface area contributed by atoms with Crippen LogP contribution in [0.15, 0.2) is 11.5 Å². The molecule has 2 rings (SSSR count). The molecule has 0 aromatic heterocycles.